The molecule has 1 atom stereocenters. The molecule has 2 aromatic rings. The summed E-state index contributed by atoms with van der Waals surface area (Å²) in [4.78, 5) is 27.4. The maximum absolute atomic E-state index is 13.1. The highest BCUT2D eigenvalue weighted by Crippen LogP contribution is 2.21. The lowest BCUT2D eigenvalue weighted by molar-refractivity contribution is -0.124. The number of carbonyl (C=O) groups is 2. The van der Waals surface area contributed by atoms with Crippen molar-refractivity contribution in [1.82, 2.24) is 10.2 Å². The van der Waals surface area contributed by atoms with E-state index >= 15 is 0 Å². The van der Waals surface area contributed by atoms with E-state index in [1.165, 1.54) is 4.90 Å². The maximum atomic E-state index is 13.1. The molecule has 1 N–H and O–H groups in total. The van der Waals surface area contributed by atoms with Crippen LogP contribution in [0, 0.1) is 0 Å². The first-order chi connectivity index (χ1) is 13.3. The van der Waals surface area contributed by atoms with E-state index < -0.39 is 17.7 Å². The van der Waals surface area contributed by atoms with E-state index in [2.05, 4.69) is 5.32 Å². The number of carbonyl (C=O) groups excluding carboxylic acids is 2. The van der Waals surface area contributed by atoms with Crippen LogP contribution < -0.4 is 5.32 Å². The van der Waals surface area contributed by atoms with Crippen LogP contribution in [0.1, 0.15) is 31.9 Å². The van der Waals surface area contributed by atoms with E-state index in [4.69, 9.17) is 4.74 Å². The summed E-state index contributed by atoms with van der Waals surface area (Å²) < 4.78 is 5.57. The second-order valence-corrected chi connectivity index (χ2v) is 7.81. The van der Waals surface area contributed by atoms with Crippen LogP contribution in [-0.4, -0.2) is 35.1 Å². The molecule has 0 bridgehead atoms. The van der Waals surface area contributed by atoms with Gasteiger partial charge in [0.15, 0.2) is 0 Å². The van der Waals surface area contributed by atoms with E-state index in [0.717, 1.165) is 11.1 Å². The molecule has 0 aromatic heterocycles. The molecule has 0 saturated heterocycles. The van der Waals surface area contributed by atoms with Crippen molar-refractivity contribution in [2.24, 2.45) is 0 Å². The van der Waals surface area contributed by atoms with E-state index in [-0.39, 0.29) is 12.5 Å². The molecule has 0 spiro atoms. The first-order valence-corrected chi connectivity index (χ1v) is 9.43. The fraction of sp³-hybridized carbons (Fsp3) is 0.304. The minimum absolute atomic E-state index is 0.220. The van der Waals surface area contributed by atoms with Gasteiger partial charge in [0.05, 0.1) is 0 Å². The Kier molecular flexibility index (Phi) is 5.83. The van der Waals surface area contributed by atoms with Crippen LogP contribution in [0.4, 0.5) is 4.79 Å². The first kappa shape index (κ1) is 19.7. The van der Waals surface area contributed by atoms with Crippen molar-refractivity contribution in [3.63, 3.8) is 0 Å². The number of nitrogens with one attached hydrogen (secondary N) is 1. The van der Waals surface area contributed by atoms with Crippen LogP contribution in [-0.2, 0) is 16.0 Å². The zero-order valence-electron chi connectivity index (χ0n) is 16.5. The van der Waals surface area contributed by atoms with Gasteiger partial charge in [0.1, 0.15) is 11.6 Å². The zero-order valence-corrected chi connectivity index (χ0v) is 16.5. The number of hydrogen-bond acceptors (Lipinski definition) is 3. The van der Waals surface area contributed by atoms with Gasteiger partial charge < -0.3 is 10.1 Å². The molecule has 0 unspecified atom stereocenters. The molecule has 0 fully saturated rings. The molecule has 2 amide bonds. The van der Waals surface area contributed by atoms with Crippen molar-refractivity contribution >= 4 is 17.7 Å². The Morgan fingerprint density at radius 1 is 1.07 bits per heavy atom. The third-order valence-electron chi connectivity index (χ3n) is 4.41. The summed E-state index contributed by atoms with van der Waals surface area (Å²) in [5.41, 5.74) is 1.96. The van der Waals surface area contributed by atoms with Crippen molar-refractivity contribution in [2.75, 3.05) is 6.54 Å². The summed E-state index contributed by atoms with van der Waals surface area (Å²) >= 11 is 0. The summed E-state index contributed by atoms with van der Waals surface area (Å²) in [6.07, 6.45) is 1.79. The van der Waals surface area contributed by atoms with Crippen LogP contribution in [0.5, 0.6) is 0 Å². The van der Waals surface area contributed by atoms with Crippen molar-refractivity contribution < 1.29 is 14.3 Å². The Hall–Kier alpha value is -3.08. The van der Waals surface area contributed by atoms with E-state index in [0.29, 0.717) is 12.1 Å². The second kappa shape index (κ2) is 8.30. The fourth-order valence-electron chi connectivity index (χ4n) is 3.10. The topological polar surface area (TPSA) is 58.6 Å². The highest BCUT2D eigenvalue weighted by molar-refractivity contribution is 5.93. The van der Waals surface area contributed by atoms with Crippen molar-refractivity contribution in [3.8, 4) is 0 Å². The predicted octanol–water partition coefficient (Wildman–Crippen LogP) is 4.01. The maximum Gasteiger partial charge on any atom is 0.411 e. The molecule has 1 aliphatic rings. The van der Waals surface area contributed by atoms with Gasteiger partial charge in [-0.3, -0.25) is 9.69 Å². The molecule has 5 heteroatoms. The van der Waals surface area contributed by atoms with Gasteiger partial charge in [-0.15, -0.1) is 0 Å². The summed E-state index contributed by atoms with van der Waals surface area (Å²) in [5, 5.41) is 2.99. The summed E-state index contributed by atoms with van der Waals surface area (Å²) in [5.74, 6) is -0.220. The fourth-order valence-corrected chi connectivity index (χ4v) is 3.10. The number of amides is 2. The van der Waals surface area contributed by atoms with Gasteiger partial charge in [0, 0.05) is 18.7 Å². The summed E-state index contributed by atoms with van der Waals surface area (Å²) in [7, 11) is 0. The average Bonchev–Trinajstić information content (AvgIpc) is 2.81. The van der Waals surface area contributed by atoms with Crippen molar-refractivity contribution in [3.05, 3.63) is 77.9 Å². The highest BCUT2D eigenvalue weighted by Gasteiger charge is 2.34. The molecule has 1 heterocycles. The number of ether oxygens (including phenoxy) is 1. The minimum atomic E-state index is -0.658. The van der Waals surface area contributed by atoms with E-state index in [1.54, 1.807) is 0 Å². The van der Waals surface area contributed by atoms with Crippen LogP contribution in [0.2, 0.25) is 0 Å². The Bertz CT molecular complexity index is 854. The van der Waals surface area contributed by atoms with Crippen LogP contribution >= 0.6 is 0 Å². The molecule has 0 aliphatic carbocycles. The molecule has 5 nitrogen and oxygen atoms in total. The van der Waals surface area contributed by atoms with Crippen LogP contribution in [0.25, 0.3) is 5.70 Å². The molecule has 0 saturated carbocycles. The molecule has 28 heavy (non-hydrogen) atoms. The SMILES string of the molecule is CC(C)(C)OC(=O)N1CC=C(c2ccccc2)NC(=O)[C@@H]1Cc1ccccc1. The van der Waals surface area contributed by atoms with Crippen LogP contribution in [0.3, 0.4) is 0 Å². The Morgan fingerprint density at radius 2 is 1.68 bits per heavy atom. The first-order valence-electron chi connectivity index (χ1n) is 9.43. The Morgan fingerprint density at radius 3 is 2.29 bits per heavy atom. The molecule has 2 aromatic carbocycles. The van der Waals surface area contributed by atoms with Gasteiger partial charge >= 0.3 is 6.09 Å². The lowest BCUT2D eigenvalue weighted by Crippen LogP contribution is -2.50. The third-order valence-corrected chi connectivity index (χ3v) is 4.41. The number of nitrogens with zero attached hydrogens (tertiary/aromatic N) is 1. The predicted molar refractivity (Wildman–Crippen MR) is 109 cm³/mol. The number of benzene rings is 2. The van der Waals surface area contributed by atoms with E-state index in [1.807, 2.05) is 87.5 Å². The zero-order chi connectivity index (χ0) is 20.1. The summed E-state index contributed by atoms with van der Waals surface area (Å²) in [6, 6.07) is 18.7. The molecular formula is C23H26N2O3. The smallest absolute Gasteiger partial charge is 0.411 e. The summed E-state index contributed by atoms with van der Waals surface area (Å²) in [6.45, 7) is 5.75. The Balaban J connectivity index is 1.91. The van der Waals surface area contributed by atoms with Gasteiger partial charge in [-0.2, -0.15) is 0 Å². The standard InChI is InChI=1S/C23H26N2O3/c1-23(2,3)28-22(27)25-15-14-19(18-12-8-5-9-13-18)24-21(26)20(25)16-17-10-6-4-7-11-17/h4-14,20H,15-16H2,1-3H3,(H,24,26)/t20-/m0/s1. The molecule has 0 radical (unpaired) electrons. The van der Waals surface area contributed by atoms with Gasteiger partial charge in [-0.1, -0.05) is 60.7 Å². The van der Waals surface area contributed by atoms with E-state index in [9.17, 15) is 9.59 Å². The van der Waals surface area contributed by atoms with Gasteiger partial charge in [-0.25, -0.2) is 4.79 Å². The van der Waals surface area contributed by atoms with Gasteiger partial charge in [0.2, 0.25) is 5.91 Å². The number of hydrogen-bond donors (Lipinski definition) is 1. The Labute approximate surface area is 166 Å². The number of rotatable bonds is 3. The third kappa shape index (κ3) is 5.00. The van der Waals surface area contributed by atoms with Crippen molar-refractivity contribution in [1.29, 1.82) is 0 Å². The monoisotopic (exact) mass is 378 g/mol. The normalized spacial score (nSPS) is 17.4. The minimum Gasteiger partial charge on any atom is -0.444 e. The second-order valence-electron chi connectivity index (χ2n) is 7.81. The molecular weight excluding hydrogens is 352 g/mol. The van der Waals surface area contributed by atoms with Gasteiger partial charge in [-0.05, 0) is 38.0 Å². The molecule has 3 rings (SSSR count). The lowest BCUT2D eigenvalue weighted by Gasteiger charge is -2.31. The quantitative estimate of drug-likeness (QED) is 0.878. The lowest BCUT2D eigenvalue weighted by atomic mass is 10.0. The van der Waals surface area contributed by atoms with Gasteiger partial charge in [0.25, 0.3) is 0 Å². The largest absolute Gasteiger partial charge is 0.444 e. The van der Waals surface area contributed by atoms with Crippen molar-refractivity contribution in [2.45, 2.75) is 38.8 Å². The highest BCUT2D eigenvalue weighted by atomic mass is 16.6. The molecule has 146 valence electrons. The van der Waals surface area contributed by atoms with Crippen LogP contribution in [0.15, 0.2) is 66.7 Å². The average molecular weight is 378 g/mol. The molecule has 1 aliphatic heterocycles.